The molecule has 134 valence electrons. The second-order valence-electron chi connectivity index (χ2n) is 5.69. The first-order valence-electron chi connectivity index (χ1n) is 7.69. The highest BCUT2D eigenvalue weighted by molar-refractivity contribution is 7.21. The van der Waals surface area contributed by atoms with Crippen LogP contribution in [0, 0.1) is 12.7 Å². The van der Waals surface area contributed by atoms with Gasteiger partial charge in [-0.15, -0.1) is 11.3 Å². The lowest BCUT2D eigenvalue weighted by Gasteiger charge is -2.26. The van der Waals surface area contributed by atoms with Gasteiger partial charge in [0.2, 0.25) is 5.91 Å². The molecular formula is C17H19FN2O4S. The van der Waals surface area contributed by atoms with E-state index in [2.05, 4.69) is 5.32 Å². The number of hydrogen-bond donors (Lipinski definition) is 2. The number of nitrogens with one attached hydrogen (secondary N) is 1. The van der Waals surface area contributed by atoms with E-state index in [1.54, 1.807) is 13.0 Å². The summed E-state index contributed by atoms with van der Waals surface area (Å²) >= 11 is 1.20. The number of aryl methyl sites for hydroxylation is 1. The van der Waals surface area contributed by atoms with Crippen molar-refractivity contribution >= 4 is 39.2 Å². The van der Waals surface area contributed by atoms with Crippen LogP contribution < -0.4 is 5.32 Å². The Labute approximate surface area is 148 Å². The van der Waals surface area contributed by atoms with Crippen LogP contribution in [0.25, 0.3) is 10.1 Å². The van der Waals surface area contributed by atoms with Crippen molar-refractivity contribution < 1.29 is 23.9 Å². The van der Waals surface area contributed by atoms with Crippen LogP contribution in [0.2, 0.25) is 0 Å². The topological polar surface area (TPSA) is 86.7 Å². The summed E-state index contributed by atoms with van der Waals surface area (Å²) in [6, 6.07) is 3.23. The summed E-state index contributed by atoms with van der Waals surface area (Å²) in [5.41, 5.74) is 0.617. The van der Waals surface area contributed by atoms with Gasteiger partial charge in [-0.1, -0.05) is 0 Å². The van der Waals surface area contributed by atoms with Crippen molar-refractivity contribution in [2.45, 2.75) is 26.8 Å². The second-order valence-corrected chi connectivity index (χ2v) is 6.74. The third kappa shape index (κ3) is 4.14. The van der Waals surface area contributed by atoms with Gasteiger partial charge in [-0.05, 0) is 43.0 Å². The van der Waals surface area contributed by atoms with Crippen LogP contribution in [0.5, 0.6) is 0 Å². The van der Waals surface area contributed by atoms with Gasteiger partial charge in [0.05, 0.1) is 4.88 Å². The first-order chi connectivity index (χ1) is 11.7. The molecule has 0 aliphatic carbocycles. The molecule has 0 fully saturated rings. The van der Waals surface area contributed by atoms with Crippen molar-refractivity contribution in [1.82, 2.24) is 10.2 Å². The maximum atomic E-state index is 13.5. The lowest BCUT2D eigenvalue weighted by atomic mass is 10.1. The molecule has 0 saturated heterocycles. The number of carbonyl (C=O) groups is 3. The average molecular weight is 366 g/mol. The molecule has 0 aliphatic rings. The SMILES string of the molecule is CC(=O)NCCN(C(=O)c1sc2ccc(F)cc2c1C)C(C)C(=O)O. The third-order valence-electron chi connectivity index (χ3n) is 3.90. The fraction of sp³-hybridized carbons (Fsp3) is 0.353. The molecule has 0 saturated carbocycles. The van der Waals surface area contributed by atoms with Gasteiger partial charge >= 0.3 is 5.97 Å². The van der Waals surface area contributed by atoms with E-state index in [0.717, 1.165) is 4.70 Å². The fourth-order valence-corrected chi connectivity index (χ4v) is 3.63. The number of carboxylic acids is 1. The van der Waals surface area contributed by atoms with Gasteiger partial charge < -0.3 is 15.3 Å². The molecule has 0 aliphatic heterocycles. The molecule has 8 heteroatoms. The minimum Gasteiger partial charge on any atom is -0.480 e. The van der Waals surface area contributed by atoms with Crippen molar-refractivity contribution in [2.24, 2.45) is 0 Å². The molecular weight excluding hydrogens is 347 g/mol. The predicted molar refractivity (Wildman–Crippen MR) is 93.3 cm³/mol. The number of aliphatic carboxylic acids is 1. The number of benzene rings is 1. The zero-order valence-corrected chi connectivity index (χ0v) is 14.9. The van der Waals surface area contributed by atoms with E-state index < -0.39 is 23.7 Å². The lowest BCUT2D eigenvalue weighted by Crippen LogP contribution is -2.46. The number of fused-ring (bicyclic) bond motifs is 1. The second kappa shape index (κ2) is 7.60. The summed E-state index contributed by atoms with van der Waals surface area (Å²) in [5, 5.41) is 12.5. The molecule has 0 bridgehead atoms. The summed E-state index contributed by atoms with van der Waals surface area (Å²) in [6.45, 7) is 4.68. The Kier molecular flexibility index (Phi) is 5.73. The number of carbonyl (C=O) groups excluding carboxylic acids is 2. The Morgan fingerprint density at radius 1 is 1.36 bits per heavy atom. The zero-order chi connectivity index (χ0) is 18.7. The molecule has 25 heavy (non-hydrogen) atoms. The monoisotopic (exact) mass is 366 g/mol. The van der Waals surface area contributed by atoms with Crippen molar-refractivity contribution in [3.05, 3.63) is 34.5 Å². The van der Waals surface area contributed by atoms with Crippen LogP contribution in [-0.4, -0.2) is 46.9 Å². The van der Waals surface area contributed by atoms with E-state index >= 15 is 0 Å². The maximum Gasteiger partial charge on any atom is 0.326 e. The molecule has 2 N–H and O–H groups in total. The minimum atomic E-state index is -1.14. The van der Waals surface area contributed by atoms with Gasteiger partial charge in [0.15, 0.2) is 0 Å². The molecule has 1 aromatic heterocycles. The van der Waals surface area contributed by atoms with Gasteiger partial charge in [-0.2, -0.15) is 0 Å². The Balaban J connectivity index is 2.36. The zero-order valence-electron chi connectivity index (χ0n) is 14.1. The van der Waals surface area contributed by atoms with Crippen LogP contribution in [0.3, 0.4) is 0 Å². The Hall–Kier alpha value is -2.48. The lowest BCUT2D eigenvalue weighted by molar-refractivity contribution is -0.141. The van der Waals surface area contributed by atoms with E-state index in [4.69, 9.17) is 0 Å². The number of rotatable bonds is 6. The first kappa shape index (κ1) is 18.9. The van der Waals surface area contributed by atoms with E-state index in [1.165, 1.54) is 42.2 Å². The van der Waals surface area contributed by atoms with Crippen LogP contribution in [-0.2, 0) is 9.59 Å². The highest BCUT2D eigenvalue weighted by Crippen LogP contribution is 2.32. The molecule has 2 rings (SSSR count). The van der Waals surface area contributed by atoms with Crippen molar-refractivity contribution in [3.8, 4) is 0 Å². The van der Waals surface area contributed by atoms with Crippen LogP contribution in [0.15, 0.2) is 18.2 Å². The van der Waals surface area contributed by atoms with E-state index in [9.17, 15) is 23.9 Å². The molecule has 1 heterocycles. The molecule has 0 spiro atoms. The van der Waals surface area contributed by atoms with Gasteiger partial charge in [0.25, 0.3) is 5.91 Å². The van der Waals surface area contributed by atoms with Gasteiger partial charge in [0.1, 0.15) is 11.9 Å². The van der Waals surface area contributed by atoms with Crippen molar-refractivity contribution in [3.63, 3.8) is 0 Å². The Morgan fingerprint density at radius 3 is 2.64 bits per heavy atom. The number of carboxylic acid groups (broad SMARTS) is 1. The quantitative estimate of drug-likeness (QED) is 0.822. The molecule has 2 aromatic rings. The molecule has 0 radical (unpaired) electrons. The summed E-state index contributed by atoms with van der Waals surface area (Å²) in [5.74, 6) is -2.24. The summed E-state index contributed by atoms with van der Waals surface area (Å²) in [4.78, 5) is 36.8. The fourth-order valence-electron chi connectivity index (χ4n) is 2.48. The Morgan fingerprint density at radius 2 is 2.04 bits per heavy atom. The minimum absolute atomic E-state index is 0.0634. The number of halogens is 1. The first-order valence-corrected chi connectivity index (χ1v) is 8.51. The molecule has 6 nitrogen and oxygen atoms in total. The standard InChI is InChI=1S/C17H19FN2O4S/c1-9-13-8-12(18)4-5-14(13)25-15(9)16(22)20(10(2)17(23)24)7-6-19-11(3)21/h4-5,8,10H,6-7H2,1-3H3,(H,19,21)(H,23,24). The normalized spacial score (nSPS) is 12.0. The number of nitrogens with zero attached hydrogens (tertiary/aromatic N) is 1. The largest absolute Gasteiger partial charge is 0.480 e. The van der Waals surface area contributed by atoms with Gasteiger partial charge in [-0.25, -0.2) is 9.18 Å². The van der Waals surface area contributed by atoms with E-state index in [1.807, 2.05) is 0 Å². The summed E-state index contributed by atoms with van der Waals surface area (Å²) in [6.07, 6.45) is 0. The molecule has 1 unspecified atom stereocenters. The number of amides is 2. The molecule has 1 atom stereocenters. The molecule has 1 aromatic carbocycles. The number of thiophene rings is 1. The van der Waals surface area contributed by atoms with Gasteiger partial charge in [-0.3, -0.25) is 9.59 Å². The van der Waals surface area contributed by atoms with Crippen molar-refractivity contribution in [1.29, 1.82) is 0 Å². The summed E-state index contributed by atoms with van der Waals surface area (Å²) in [7, 11) is 0. The predicted octanol–water partition coefficient (Wildman–Crippen LogP) is 2.40. The van der Waals surface area contributed by atoms with Crippen LogP contribution in [0.1, 0.15) is 29.1 Å². The third-order valence-corrected chi connectivity index (χ3v) is 5.17. The average Bonchev–Trinajstić information content (AvgIpc) is 2.86. The van der Waals surface area contributed by atoms with Gasteiger partial charge in [0, 0.05) is 24.7 Å². The highest BCUT2D eigenvalue weighted by Gasteiger charge is 2.28. The number of hydrogen-bond acceptors (Lipinski definition) is 4. The van der Waals surface area contributed by atoms with Crippen molar-refractivity contribution in [2.75, 3.05) is 13.1 Å². The van der Waals surface area contributed by atoms with Crippen LogP contribution in [0.4, 0.5) is 4.39 Å². The van der Waals surface area contributed by atoms with E-state index in [0.29, 0.717) is 15.8 Å². The molecule has 2 amide bonds. The summed E-state index contributed by atoms with van der Waals surface area (Å²) < 4.78 is 14.2. The maximum absolute atomic E-state index is 13.5. The van der Waals surface area contributed by atoms with E-state index in [-0.39, 0.29) is 19.0 Å². The smallest absolute Gasteiger partial charge is 0.326 e. The van der Waals surface area contributed by atoms with Crippen LogP contribution >= 0.6 is 11.3 Å². The highest BCUT2D eigenvalue weighted by atomic mass is 32.1. The Bertz CT molecular complexity index is 833.